The summed E-state index contributed by atoms with van der Waals surface area (Å²) in [7, 11) is 4.30. The van der Waals surface area contributed by atoms with Gasteiger partial charge in [0.2, 0.25) is 5.91 Å². The number of amides is 1. The molecule has 0 spiro atoms. The maximum atomic E-state index is 14.0. The molecule has 0 unspecified atom stereocenters. The number of aliphatic hydroxyl groups is 1. The highest BCUT2D eigenvalue weighted by molar-refractivity contribution is 5.88. The molecule has 154 valence electrons. The summed E-state index contributed by atoms with van der Waals surface area (Å²) in [6.45, 7) is 4.73. The Labute approximate surface area is 169 Å². The van der Waals surface area contributed by atoms with E-state index in [4.69, 9.17) is 0 Å². The fraction of sp³-hybridized carbons (Fsp3) is 0.696. The van der Waals surface area contributed by atoms with E-state index in [2.05, 4.69) is 53.1 Å². The number of likely N-dealkylation sites (N-methyl/N-ethyl adjacent to an activating group) is 1. The van der Waals surface area contributed by atoms with Crippen molar-refractivity contribution in [3.8, 4) is 0 Å². The summed E-state index contributed by atoms with van der Waals surface area (Å²) in [5.41, 5.74) is 0.737. The van der Waals surface area contributed by atoms with Crippen molar-refractivity contribution >= 4 is 5.91 Å². The standard InChI is InChI=1S/C23H35N3O2/c1-24-14-11-23(12-15-24,19-7-4-3-5-8-19)21(28)26-16-10-22(18-27)9-6-13-25(2)20(22)17-26/h3-5,7-8,20,27H,6,9-18H2,1-2H3/t20-,22-/m1/s1. The van der Waals surface area contributed by atoms with Crippen LogP contribution in [-0.4, -0.2) is 85.2 Å². The van der Waals surface area contributed by atoms with Gasteiger partial charge in [-0.3, -0.25) is 4.79 Å². The molecule has 0 saturated carbocycles. The number of fused-ring (bicyclic) bond motifs is 1. The van der Waals surface area contributed by atoms with E-state index in [0.29, 0.717) is 5.91 Å². The van der Waals surface area contributed by atoms with E-state index in [0.717, 1.165) is 64.8 Å². The van der Waals surface area contributed by atoms with Crippen LogP contribution in [0.2, 0.25) is 0 Å². The third kappa shape index (κ3) is 3.27. The van der Waals surface area contributed by atoms with Gasteiger partial charge in [0.15, 0.2) is 0 Å². The van der Waals surface area contributed by atoms with Crippen molar-refractivity contribution in [3.05, 3.63) is 35.9 Å². The molecule has 2 atom stereocenters. The van der Waals surface area contributed by atoms with Crippen LogP contribution in [-0.2, 0) is 10.2 Å². The van der Waals surface area contributed by atoms with Gasteiger partial charge >= 0.3 is 0 Å². The summed E-state index contributed by atoms with van der Waals surface area (Å²) in [6.07, 6.45) is 4.90. The van der Waals surface area contributed by atoms with Crippen molar-refractivity contribution in [2.24, 2.45) is 5.41 Å². The molecule has 1 amide bonds. The number of carbonyl (C=O) groups excluding carboxylic acids is 1. The van der Waals surface area contributed by atoms with Gasteiger partial charge in [-0.05, 0) is 71.4 Å². The average molecular weight is 386 g/mol. The lowest BCUT2D eigenvalue weighted by Crippen LogP contribution is -2.64. The van der Waals surface area contributed by atoms with Gasteiger partial charge < -0.3 is 19.8 Å². The van der Waals surface area contributed by atoms with Gasteiger partial charge in [0.05, 0.1) is 12.0 Å². The van der Waals surface area contributed by atoms with E-state index in [-0.39, 0.29) is 18.1 Å². The summed E-state index contributed by atoms with van der Waals surface area (Å²) >= 11 is 0. The molecule has 4 rings (SSSR count). The van der Waals surface area contributed by atoms with Crippen LogP contribution in [0.5, 0.6) is 0 Å². The first kappa shape index (κ1) is 19.9. The van der Waals surface area contributed by atoms with Crippen LogP contribution in [0.3, 0.4) is 0 Å². The monoisotopic (exact) mass is 385 g/mol. The Morgan fingerprint density at radius 1 is 1.04 bits per heavy atom. The highest BCUT2D eigenvalue weighted by atomic mass is 16.3. The zero-order valence-electron chi connectivity index (χ0n) is 17.4. The van der Waals surface area contributed by atoms with Gasteiger partial charge in [-0.1, -0.05) is 30.3 Å². The van der Waals surface area contributed by atoms with Gasteiger partial charge in [-0.15, -0.1) is 0 Å². The molecule has 0 aliphatic carbocycles. The molecule has 3 aliphatic heterocycles. The number of carbonyl (C=O) groups is 1. The molecule has 3 saturated heterocycles. The molecule has 3 fully saturated rings. The summed E-state index contributed by atoms with van der Waals surface area (Å²) in [4.78, 5) is 20.8. The minimum absolute atomic E-state index is 0.0313. The van der Waals surface area contributed by atoms with E-state index in [1.54, 1.807) is 0 Å². The smallest absolute Gasteiger partial charge is 0.233 e. The third-order valence-electron chi connectivity index (χ3n) is 7.88. The predicted octanol–water partition coefficient (Wildman–Crippen LogP) is 1.96. The Balaban J connectivity index is 1.61. The first-order chi connectivity index (χ1) is 13.5. The van der Waals surface area contributed by atoms with E-state index in [1.165, 1.54) is 5.56 Å². The molecular formula is C23H35N3O2. The summed E-state index contributed by atoms with van der Waals surface area (Å²) in [6, 6.07) is 10.7. The second-order valence-corrected chi connectivity index (χ2v) is 9.37. The molecular weight excluding hydrogens is 350 g/mol. The van der Waals surface area contributed by atoms with Gasteiger partial charge in [-0.25, -0.2) is 0 Å². The number of nitrogens with zero attached hydrogens (tertiary/aromatic N) is 3. The van der Waals surface area contributed by atoms with Crippen LogP contribution in [0.1, 0.15) is 37.7 Å². The minimum Gasteiger partial charge on any atom is -0.396 e. The third-order valence-corrected chi connectivity index (χ3v) is 7.88. The maximum Gasteiger partial charge on any atom is 0.233 e. The van der Waals surface area contributed by atoms with Crippen molar-refractivity contribution in [1.29, 1.82) is 0 Å². The summed E-state index contributed by atoms with van der Waals surface area (Å²) in [5.74, 6) is 0.303. The quantitative estimate of drug-likeness (QED) is 0.864. The highest BCUT2D eigenvalue weighted by Crippen LogP contribution is 2.44. The van der Waals surface area contributed by atoms with E-state index in [9.17, 15) is 9.90 Å². The lowest BCUT2D eigenvalue weighted by atomic mass is 9.67. The fourth-order valence-electron chi connectivity index (χ4n) is 5.89. The minimum atomic E-state index is -0.403. The van der Waals surface area contributed by atoms with E-state index < -0.39 is 5.41 Å². The average Bonchev–Trinajstić information content (AvgIpc) is 2.75. The first-order valence-corrected chi connectivity index (χ1v) is 10.9. The van der Waals surface area contributed by atoms with Crippen molar-refractivity contribution < 1.29 is 9.90 Å². The second kappa shape index (κ2) is 7.77. The number of benzene rings is 1. The van der Waals surface area contributed by atoms with Crippen molar-refractivity contribution in [1.82, 2.24) is 14.7 Å². The number of likely N-dealkylation sites (tertiary alicyclic amines) is 3. The molecule has 0 bridgehead atoms. The maximum absolute atomic E-state index is 14.0. The zero-order valence-corrected chi connectivity index (χ0v) is 17.4. The normalized spacial score (nSPS) is 31.4. The molecule has 0 radical (unpaired) electrons. The van der Waals surface area contributed by atoms with Crippen molar-refractivity contribution in [3.63, 3.8) is 0 Å². The van der Waals surface area contributed by atoms with Gasteiger partial charge in [0.25, 0.3) is 0 Å². The van der Waals surface area contributed by atoms with Crippen LogP contribution >= 0.6 is 0 Å². The van der Waals surface area contributed by atoms with Gasteiger partial charge in [0.1, 0.15) is 0 Å². The molecule has 0 aromatic heterocycles. The van der Waals surface area contributed by atoms with Gasteiger partial charge in [-0.2, -0.15) is 0 Å². The fourth-order valence-corrected chi connectivity index (χ4v) is 5.89. The topological polar surface area (TPSA) is 47.0 Å². The predicted molar refractivity (Wildman–Crippen MR) is 111 cm³/mol. The highest BCUT2D eigenvalue weighted by Gasteiger charge is 2.51. The summed E-state index contributed by atoms with van der Waals surface area (Å²) < 4.78 is 0. The zero-order chi connectivity index (χ0) is 19.8. The van der Waals surface area contributed by atoms with Crippen molar-refractivity contribution in [2.75, 3.05) is 53.4 Å². The Hall–Kier alpha value is -1.43. The second-order valence-electron chi connectivity index (χ2n) is 9.37. The molecule has 1 aromatic rings. The van der Waals surface area contributed by atoms with Crippen molar-refractivity contribution in [2.45, 2.75) is 43.6 Å². The lowest BCUT2D eigenvalue weighted by molar-refractivity contribution is -0.147. The molecule has 5 nitrogen and oxygen atoms in total. The van der Waals surface area contributed by atoms with E-state index in [1.807, 2.05) is 6.07 Å². The number of hydrogen-bond donors (Lipinski definition) is 1. The van der Waals surface area contributed by atoms with Crippen LogP contribution in [0.15, 0.2) is 30.3 Å². The first-order valence-electron chi connectivity index (χ1n) is 10.9. The number of aliphatic hydroxyl groups excluding tert-OH is 1. The molecule has 1 N–H and O–H groups in total. The van der Waals surface area contributed by atoms with Crippen LogP contribution in [0.4, 0.5) is 0 Å². The number of rotatable bonds is 3. The Bertz CT molecular complexity index is 686. The van der Waals surface area contributed by atoms with Crippen LogP contribution in [0, 0.1) is 5.41 Å². The Kier molecular flexibility index (Phi) is 5.51. The summed E-state index contributed by atoms with van der Waals surface area (Å²) in [5, 5.41) is 10.2. The lowest BCUT2D eigenvalue weighted by Gasteiger charge is -2.55. The van der Waals surface area contributed by atoms with Crippen LogP contribution in [0.25, 0.3) is 0 Å². The largest absolute Gasteiger partial charge is 0.396 e. The molecule has 1 aromatic carbocycles. The number of hydrogen-bond acceptors (Lipinski definition) is 4. The Morgan fingerprint density at radius 2 is 1.75 bits per heavy atom. The Morgan fingerprint density at radius 3 is 2.43 bits per heavy atom. The SMILES string of the molecule is CN1CCC(C(=O)N2CC[C@@]3(CO)CCCN(C)[C@@H]3C2)(c2ccccc2)CC1. The van der Waals surface area contributed by atoms with Gasteiger partial charge in [0, 0.05) is 24.5 Å². The van der Waals surface area contributed by atoms with Crippen LogP contribution < -0.4 is 0 Å². The molecule has 3 aliphatic rings. The molecule has 3 heterocycles. The molecule has 28 heavy (non-hydrogen) atoms. The number of piperidine rings is 3. The van der Waals surface area contributed by atoms with E-state index >= 15 is 0 Å². The molecule has 5 heteroatoms.